The first-order chi connectivity index (χ1) is 12.5. The summed E-state index contributed by atoms with van der Waals surface area (Å²) in [6.45, 7) is 6.52. The predicted octanol–water partition coefficient (Wildman–Crippen LogP) is 3.69. The molecule has 0 saturated heterocycles. The molecule has 1 atom stereocenters. The molecule has 0 radical (unpaired) electrons. The van der Waals surface area contributed by atoms with Crippen LogP contribution < -0.4 is 5.56 Å². The van der Waals surface area contributed by atoms with Gasteiger partial charge in [-0.25, -0.2) is 4.98 Å². The number of hydrogen-bond acceptors (Lipinski definition) is 7. The Balaban J connectivity index is 1.61. The van der Waals surface area contributed by atoms with Crippen molar-refractivity contribution in [3.63, 3.8) is 0 Å². The quantitative estimate of drug-likeness (QED) is 0.525. The third-order valence-corrected chi connectivity index (χ3v) is 6.42. The highest BCUT2D eigenvalue weighted by atomic mass is 32.2. The van der Waals surface area contributed by atoms with Gasteiger partial charge in [0.05, 0.1) is 23.4 Å². The summed E-state index contributed by atoms with van der Waals surface area (Å²) in [5.74, 6) is 1.47. The van der Waals surface area contributed by atoms with E-state index in [1.807, 2.05) is 37.5 Å². The molecule has 0 bridgehead atoms. The summed E-state index contributed by atoms with van der Waals surface area (Å²) in [6, 6.07) is 3.76. The molecule has 0 aliphatic carbocycles. The second-order valence-corrected chi connectivity index (χ2v) is 8.51. The maximum Gasteiger partial charge on any atom is 0.259 e. The van der Waals surface area contributed by atoms with Crippen molar-refractivity contribution < 1.29 is 4.42 Å². The Kier molecular flexibility index (Phi) is 4.41. The van der Waals surface area contributed by atoms with Gasteiger partial charge in [-0.15, -0.1) is 21.5 Å². The second-order valence-electron chi connectivity index (χ2n) is 6.00. The minimum Gasteiger partial charge on any atom is -0.467 e. The van der Waals surface area contributed by atoms with Crippen LogP contribution in [0.5, 0.6) is 0 Å². The monoisotopic (exact) mass is 387 g/mol. The van der Waals surface area contributed by atoms with Gasteiger partial charge in [0.1, 0.15) is 22.7 Å². The van der Waals surface area contributed by atoms with Gasteiger partial charge in [-0.3, -0.25) is 4.79 Å². The average Bonchev–Trinajstić information content (AvgIpc) is 3.32. The van der Waals surface area contributed by atoms with E-state index in [-0.39, 0.29) is 10.8 Å². The molecule has 0 fully saturated rings. The van der Waals surface area contributed by atoms with E-state index in [0.29, 0.717) is 17.8 Å². The van der Waals surface area contributed by atoms with Crippen LogP contribution in [0.1, 0.15) is 34.2 Å². The number of nitrogens with one attached hydrogen (secondary N) is 1. The molecule has 1 N–H and O–H groups in total. The van der Waals surface area contributed by atoms with E-state index in [0.717, 1.165) is 26.2 Å². The van der Waals surface area contributed by atoms with Gasteiger partial charge >= 0.3 is 0 Å². The van der Waals surface area contributed by atoms with Crippen LogP contribution in [0.4, 0.5) is 0 Å². The van der Waals surface area contributed by atoms with Crippen molar-refractivity contribution in [1.29, 1.82) is 0 Å². The minimum absolute atomic E-state index is 0.0747. The number of furan rings is 1. The summed E-state index contributed by atoms with van der Waals surface area (Å²) < 4.78 is 7.30. The van der Waals surface area contributed by atoms with Crippen LogP contribution in [0.25, 0.3) is 10.2 Å². The van der Waals surface area contributed by atoms with Crippen molar-refractivity contribution in [2.24, 2.45) is 0 Å². The lowest BCUT2D eigenvalue weighted by Crippen LogP contribution is -2.12. The highest BCUT2D eigenvalue weighted by Gasteiger charge is 2.18. The van der Waals surface area contributed by atoms with Crippen LogP contribution in [0, 0.1) is 13.8 Å². The van der Waals surface area contributed by atoms with Crippen LogP contribution in [0.2, 0.25) is 0 Å². The fourth-order valence-corrected chi connectivity index (χ4v) is 4.61. The molecule has 0 aromatic carbocycles. The Morgan fingerprint density at radius 3 is 3.04 bits per heavy atom. The molecule has 7 nitrogen and oxygen atoms in total. The third-order valence-electron chi connectivity index (χ3n) is 4.21. The van der Waals surface area contributed by atoms with E-state index < -0.39 is 0 Å². The molecule has 0 unspecified atom stereocenters. The highest BCUT2D eigenvalue weighted by Crippen LogP contribution is 2.33. The number of thiophene rings is 1. The summed E-state index contributed by atoms with van der Waals surface area (Å²) in [7, 11) is 0. The fourth-order valence-electron chi connectivity index (χ4n) is 2.69. The molecule has 0 aliphatic rings. The Labute approximate surface area is 157 Å². The number of aryl methyl sites for hydroxylation is 2. The van der Waals surface area contributed by atoms with Gasteiger partial charge < -0.3 is 14.0 Å². The fraction of sp³-hybridized carbons (Fsp3) is 0.294. The molecule has 134 valence electrons. The van der Waals surface area contributed by atoms with Crippen LogP contribution in [-0.2, 0) is 6.54 Å². The van der Waals surface area contributed by atoms with Crippen molar-refractivity contribution >= 4 is 33.3 Å². The summed E-state index contributed by atoms with van der Waals surface area (Å²) in [4.78, 5) is 22.0. The largest absolute Gasteiger partial charge is 0.467 e. The Morgan fingerprint density at radius 1 is 1.42 bits per heavy atom. The minimum atomic E-state index is -0.0867. The van der Waals surface area contributed by atoms with E-state index in [2.05, 4.69) is 20.2 Å². The predicted molar refractivity (Wildman–Crippen MR) is 102 cm³/mol. The lowest BCUT2D eigenvalue weighted by Gasteiger charge is -2.10. The zero-order valence-corrected chi connectivity index (χ0v) is 16.1. The van der Waals surface area contributed by atoms with E-state index in [1.54, 1.807) is 23.9 Å². The van der Waals surface area contributed by atoms with Gasteiger partial charge in [0, 0.05) is 4.88 Å². The normalized spacial score (nSPS) is 12.7. The Morgan fingerprint density at radius 2 is 2.27 bits per heavy atom. The van der Waals surface area contributed by atoms with Gasteiger partial charge in [-0.2, -0.15) is 0 Å². The Hall–Kier alpha value is -2.39. The smallest absolute Gasteiger partial charge is 0.259 e. The van der Waals surface area contributed by atoms with Crippen LogP contribution in [-0.4, -0.2) is 24.7 Å². The lowest BCUT2D eigenvalue weighted by molar-refractivity contribution is 0.484. The van der Waals surface area contributed by atoms with Crippen LogP contribution in [0.15, 0.2) is 39.1 Å². The summed E-state index contributed by atoms with van der Waals surface area (Å²) >= 11 is 3.05. The molecule has 4 heterocycles. The number of nitrogens with zero attached hydrogens (tertiary/aromatic N) is 4. The van der Waals surface area contributed by atoms with E-state index in [1.165, 1.54) is 11.8 Å². The van der Waals surface area contributed by atoms with Crippen molar-refractivity contribution in [2.45, 2.75) is 37.7 Å². The third kappa shape index (κ3) is 3.08. The molecular weight excluding hydrogens is 370 g/mol. The van der Waals surface area contributed by atoms with Gasteiger partial charge in [0.25, 0.3) is 5.56 Å². The van der Waals surface area contributed by atoms with Crippen molar-refractivity contribution in [3.8, 4) is 0 Å². The number of rotatable bonds is 5. The average molecular weight is 387 g/mol. The van der Waals surface area contributed by atoms with E-state index in [4.69, 9.17) is 4.42 Å². The summed E-state index contributed by atoms with van der Waals surface area (Å²) in [5.41, 5.74) is 0.917. The zero-order chi connectivity index (χ0) is 18.3. The number of hydrogen-bond donors (Lipinski definition) is 1. The number of aromatic nitrogens is 5. The second kappa shape index (κ2) is 6.73. The first-order valence-electron chi connectivity index (χ1n) is 8.09. The lowest BCUT2D eigenvalue weighted by atomic mass is 10.2. The molecule has 4 aromatic heterocycles. The van der Waals surface area contributed by atoms with Gasteiger partial charge in [0.2, 0.25) is 0 Å². The molecule has 9 heteroatoms. The molecule has 26 heavy (non-hydrogen) atoms. The topological polar surface area (TPSA) is 89.6 Å². The first-order valence-corrected chi connectivity index (χ1v) is 9.79. The highest BCUT2D eigenvalue weighted by molar-refractivity contribution is 7.99. The number of thioether (sulfide) groups is 1. The van der Waals surface area contributed by atoms with Crippen molar-refractivity contribution in [2.75, 3.05) is 0 Å². The van der Waals surface area contributed by atoms with Crippen molar-refractivity contribution in [1.82, 2.24) is 24.7 Å². The maximum atomic E-state index is 12.5. The zero-order valence-electron chi connectivity index (χ0n) is 14.5. The molecule has 0 saturated carbocycles. The van der Waals surface area contributed by atoms with E-state index in [9.17, 15) is 4.79 Å². The standard InChI is InChI=1S/C17H17N5O2S2/c1-9-10(2)25-16-13(9)15(23)19-14(20-16)11(3)26-17-21-18-8-22(17)7-12-5-4-6-24-12/h4-6,8,11H,7H2,1-3H3,(H,19,20,23)/t11-/m0/s1. The van der Waals surface area contributed by atoms with Crippen LogP contribution in [0.3, 0.4) is 0 Å². The van der Waals surface area contributed by atoms with Crippen molar-refractivity contribution in [3.05, 3.63) is 57.1 Å². The van der Waals surface area contributed by atoms with Gasteiger partial charge in [-0.1, -0.05) is 11.8 Å². The van der Waals surface area contributed by atoms with Crippen LogP contribution >= 0.6 is 23.1 Å². The molecular formula is C17H17N5O2S2. The number of H-pyrrole nitrogens is 1. The summed E-state index contributed by atoms with van der Waals surface area (Å²) in [6.07, 6.45) is 3.31. The first kappa shape index (κ1) is 17.0. The van der Waals surface area contributed by atoms with Gasteiger partial charge in [-0.05, 0) is 38.5 Å². The molecule has 4 rings (SSSR count). The molecule has 0 spiro atoms. The molecule has 0 aliphatic heterocycles. The van der Waals surface area contributed by atoms with E-state index >= 15 is 0 Å². The maximum absolute atomic E-state index is 12.5. The molecule has 0 amide bonds. The Bertz CT molecular complexity index is 1110. The number of aromatic amines is 1. The number of fused-ring (bicyclic) bond motifs is 1. The summed E-state index contributed by atoms with van der Waals surface area (Å²) in [5, 5.41) is 9.53. The molecule has 4 aromatic rings. The SMILES string of the molecule is Cc1sc2nc([C@H](C)Sc3nncn3Cc3ccco3)[nH]c(=O)c2c1C. The van der Waals surface area contributed by atoms with Gasteiger partial charge in [0.15, 0.2) is 5.16 Å².